The van der Waals surface area contributed by atoms with Crippen LogP contribution in [0.15, 0.2) is 54.6 Å². The second kappa shape index (κ2) is 6.18. The summed E-state index contributed by atoms with van der Waals surface area (Å²) in [7, 11) is 0. The molecule has 2 aromatic carbocycles. The average molecular weight is 334 g/mol. The number of benzene rings is 2. The van der Waals surface area contributed by atoms with Crippen LogP contribution < -0.4 is 0 Å². The lowest BCUT2D eigenvalue weighted by Crippen LogP contribution is -2.28. The number of carbonyl (C=O) groups excluding carboxylic acids is 1. The Hall–Kier alpha value is -1.36. The number of hydrogen-bond donors (Lipinski definition) is 0. The minimum Gasteiger partial charge on any atom is -0.292 e. The Labute approximate surface area is 138 Å². The molecule has 0 aliphatic carbocycles. The van der Waals surface area contributed by atoms with Gasteiger partial charge in [0.1, 0.15) is 9.57 Å². The van der Waals surface area contributed by atoms with Crippen LogP contribution in [0.2, 0.25) is 5.02 Å². The normalized spacial score (nSPS) is 18.3. The first-order valence-corrected chi connectivity index (χ1v) is 8.14. The second-order valence-electron chi connectivity index (χ2n) is 4.69. The number of thiocarbonyl (C=S) groups is 1. The molecule has 5 heteroatoms. The molecule has 0 N–H and O–H groups in total. The third-order valence-electron chi connectivity index (χ3n) is 3.32. The monoisotopic (exact) mass is 333 g/mol. The van der Waals surface area contributed by atoms with Gasteiger partial charge in [0, 0.05) is 5.02 Å². The zero-order chi connectivity index (χ0) is 14.8. The minimum absolute atomic E-state index is 0.0242. The molecule has 1 fully saturated rings. The molecule has 106 valence electrons. The number of amides is 1. The molecule has 1 aliphatic heterocycles. The van der Waals surface area contributed by atoms with E-state index in [0.29, 0.717) is 15.9 Å². The van der Waals surface area contributed by atoms with Crippen LogP contribution in [-0.4, -0.2) is 15.1 Å². The molecule has 0 spiro atoms. The van der Waals surface area contributed by atoms with Crippen LogP contribution in [0, 0.1) is 0 Å². The highest BCUT2D eigenvalue weighted by molar-refractivity contribution is 8.24. The summed E-state index contributed by atoms with van der Waals surface area (Å²) >= 11 is 13.0. The molecule has 1 heterocycles. The fourth-order valence-corrected chi connectivity index (χ4v) is 3.87. The van der Waals surface area contributed by atoms with Crippen LogP contribution in [0.3, 0.4) is 0 Å². The molecule has 3 rings (SSSR count). The molecule has 1 unspecified atom stereocenters. The molecule has 21 heavy (non-hydrogen) atoms. The molecular weight excluding hydrogens is 322 g/mol. The van der Waals surface area contributed by atoms with Crippen LogP contribution in [0.4, 0.5) is 0 Å². The number of rotatable bonds is 3. The maximum Gasteiger partial charge on any atom is 0.246 e. The van der Waals surface area contributed by atoms with Gasteiger partial charge in [0.25, 0.3) is 0 Å². The van der Waals surface area contributed by atoms with Crippen molar-refractivity contribution in [2.45, 2.75) is 11.8 Å². The predicted molar refractivity (Wildman–Crippen MR) is 91.4 cm³/mol. The average Bonchev–Trinajstić information content (AvgIpc) is 2.78. The third-order valence-corrected chi connectivity index (χ3v) is 5.33. The summed E-state index contributed by atoms with van der Waals surface area (Å²) in [6.07, 6.45) is 0. The van der Waals surface area contributed by atoms with Gasteiger partial charge in [0.15, 0.2) is 0 Å². The van der Waals surface area contributed by atoms with Crippen molar-refractivity contribution in [3.63, 3.8) is 0 Å². The highest BCUT2D eigenvalue weighted by Gasteiger charge is 2.37. The van der Waals surface area contributed by atoms with Crippen LogP contribution in [0.5, 0.6) is 0 Å². The van der Waals surface area contributed by atoms with Gasteiger partial charge >= 0.3 is 0 Å². The van der Waals surface area contributed by atoms with Gasteiger partial charge < -0.3 is 0 Å². The van der Waals surface area contributed by atoms with E-state index in [2.05, 4.69) is 0 Å². The van der Waals surface area contributed by atoms with Crippen molar-refractivity contribution in [1.29, 1.82) is 0 Å². The van der Waals surface area contributed by atoms with Gasteiger partial charge in [-0.3, -0.25) is 9.69 Å². The van der Waals surface area contributed by atoms with Gasteiger partial charge in [-0.25, -0.2) is 0 Å². The van der Waals surface area contributed by atoms with Crippen LogP contribution in [0.25, 0.3) is 0 Å². The molecule has 0 bridgehead atoms. The second-order valence-corrected chi connectivity index (χ2v) is 6.84. The summed E-state index contributed by atoms with van der Waals surface area (Å²) in [5, 5.41) is 0.405. The number of hydrogen-bond acceptors (Lipinski definition) is 3. The molecule has 1 atom stereocenters. The molecule has 0 radical (unpaired) electrons. The Kier molecular flexibility index (Phi) is 4.29. The zero-order valence-electron chi connectivity index (χ0n) is 11.0. The summed E-state index contributed by atoms with van der Waals surface area (Å²) in [4.78, 5) is 14.2. The summed E-state index contributed by atoms with van der Waals surface area (Å²) in [6, 6.07) is 17.2. The van der Waals surface area contributed by atoms with Gasteiger partial charge in [-0.2, -0.15) is 0 Å². The molecule has 1 saturated heterocycles. The first-order chi connectivity index (χ1) is 10.2. The van der Waals surface area contributed by atoms with Gasteiger partial charge in [0.05, 0.1) is 6.54 Å². The molecule has 0 saturated carbocycles. The summed E-state index contributed by atoms with van der Waals surface area (Å²) in [5.74, 6) is 0.0242. The van der Waals surface area contributed by atoms with E-state index in [1.54, 1.807) is 4.90 Å². The van der Waals surface area contributed by atoms with Crippen LogP contribution >= 0.6 is 35.6 Å². The van der Waals surface area contributed by atoms with Crippen molar-refractivity contribution in [3.8, 4) is 0 Å². The number of thioether (sulfide) groups is 1. The molecule has 1 amide bonds. The Morgan fingerprint density at radius 3 is 2.48 bits per heavy atom. The van der Waals surface area contributed by atoms with Crippen molar-refractivity contribution < 1.29 is 4.79 Å². The highest BCUT2D eigenvalue weighted by atomic mass is 35.5. The van der Waals surface area contributed by atoms with E-state index in [4.69, 9.17) is 23.8 Å². The molecule has 0 aromatic heterocycles. The lowest BCUT2D eigenvalue weighted by molar-refractivity contribution is -0.126. The van der Waals surface area contributed by atoms with E-state index < -0.39 is 0 Å². The summed E-state index contributed by atoms with van der Waals surface area (Å²) < 4.78 is 0.605. The zero-order valence-corrected chi connectivity index (χ0v) is 13.4. The van der Waals surface area contributed by atoms with E-state index in [0.717, 1.165) is 11.1 Å². The van der Waals surface area contributed by atoms with Crippen LogP contribution in [-0.2, 0) is 11.3 Å². The Balaban J connectivity index is 1.83. The van der Waals surface area contributed by atoms with E-state index in [1.807, 2.05) is 54.6 Å². The quantitative estimate of drug-likeness (QED) is 0.774. The van der Waals surface area contributed by atoms with Crippen molar-refractivity contribution in [2.75, 3.05) is 0 Å². The predicted octanol–water partition coefficient (Wildman–Crippen LogP) is 4.44. The van der Waals surface area contributed by atoms with Gasteiger partial charge in [0.2, 0.25) is 5.91 Å². The van der Waals surface area contributed by atoms with Crippen molar-refractivity contribution >= 4 is 45.8 Å². The first kappa shape index (κ1) is 14.6. The van der Waals surface area contributed by atoms with E-state index >= 15 is 0 Å². The maximum atomic E-state index is 12.6. The highest BCUT2D eigenvalue weighted by Crippen LogP contribution is 2.40. The van der Waals surface area contributed by atoms with E-state index in [9.17, 15) is 4.79 Å². The Bertz CT molecular complexity index is 690. The maximum absolute atomic E-state index is 12.6. The molecular formula is C16H12ClNOS2. The largest absolute Gasteiger partial charge is 0.292 e. The Morgan fingerprint density at radius 2 is 1.76 bits per heavy atom. The fraction of sp³-hybridized carbons (Fsp3) is 0.125. The van der Waals surface area contributed by atoms with Crippen molar-refractivity contribution in [3.05, 3.63) is 70.7 Å². The summed E-state index contributed by atoms with van der Waals surface area (Å²) in [6.45, 7) is 0.424. The number of halogens is 1. The third kappa shape index (κ3) is 2.98. The van der Waals surface area contributed by atoms with E-state index in [1.165, 1.54) is 11.8 Å². The standard InChI is InChI=1S/C16H12ClNOS2/c17-13-9-5-4-8-12(13)10-18-15(19)14(21-16(18)20)11-6-2-1-3-7-11/h1-9,14H,10H2. The Morgan fingerprint density at radius 1 is 1.10 bits per heavy atom. The van der Waals surface area contributed by atoms with Crippen LogP contribution in [0.1, 0.15) is 16.4 Å². The number of nitrogens with zero attached hydrogens (tertiary/aromatic N) is 1. The molecule has 2 aromatic rings. The molecule has 2 nitrogen and oxygen atoms in total. The van der Waals surface area contributed by atoms with Gasteiger partial charge in [-0.05, 0) is 17.2 Å². The molecule has 1 aliphatic rings. The fourth-order valence-electron chi connectivity index (χ4n) is 2.22. The topological polar surface area (TPSA) is 20.3 Å². The SMILES string of the molecule is O=C1C(c2ccccc2)SC(=S)N1Cc1ccccc1Cl. The lowest BCUT2D eigenvalue weighted by atomic mass is 10.1. The summed E-state index contributed by atoms with van der Waals surface area (Å²) in [5.41, 5.74) is 1.89. The first-order valence-electron chi connectivity index (χ1n) is 6.47. The van der Waals surface area contributed by atoms with E-state index in [-0.39, 0.29) is 11.2 Å². The lowest BCUT2D eigenvalue weighted by Gasteiger charge is -2.16. The van der Waals surface area contributed by atoms with Gasteiger partial charge in [-0.15, -0.1) is 0 Å². The number of carbonyl (C=O) groups is 1. The van der Waals surface area contributed by atoms with Crippen molar-refractivity contribution in [2.24, 2.45) is 0 Å². The smallest absolute Gasteiger partial charge is 0.246 e. The van der Waals surface area contributed by atoms with Crippen molar-refractivity contribution in [1.82, 2.24) is 4.90 Å². The van der Waals surface area contributed by atoms with Gasteiger partial charge in [-0.1, -0.05) is 84.1 Å². The minimum atomic E-state index is -0.249.